The summed E-state index contributed by atoms with van der Waals surface area (Å²) in [5.41, 5.74) is 6.49. The number of amides is 1. The van der Waals surface area contributed by atoms with E-state index in [1.54, 1.807) is 0 Å². The monoisotopic (exact) mass is 419 g/mol. The molecular formula is C27H33NO3. The number of fused-ring (bicyclic) bond motifs is 2. The molecule has 1 amide bonds. The number of ether oxygens (including phenoxy) is 2. The van der Waals surface area contributed by atoms with Crippen molar-refractivity contribution in [1.29, 1.82) is 0 Å². The van der Waals surface area contributed by atoms with Gasteiger partial charge in [-0.15, -0.1) is 0 Å². The summed E-state index contributed by atoms with van der Waals surface area (Å²) in [6.45, 7) is 10.4. The highest BCUT2D eigenvalue weighted by Gasteiger charge is 2.39. The average molecular weight is 420 g/mol. The fraction of sp³-hybridized carbons (Fsp3) is 0.444. The van der Waals surface area contributed by atoms with Gasteiger partial charge in [0.2, 0.25) is 0 Å². The summed E-state index contributed by atoms with van der Waals surface area (Å²) < 4.78 is 11.5. The third-order valence-corrected chi connectivity index (χ3v) is 6.31. The molecule has 31 heavy (non-hydrogen) atoms. The van der Waals surface area contributed by atoms with Crippen molar-refractivity contribution in [2.45, 2.75) is 64.6 Å². The van der Waals surface area contributed by atoms with Gasteiger partial charge in [0, 0.05) is 0 Å². The standard InChI is InChI=1S/C27H33NO3/c1-18(2)24-11-8-12-25(19(3)4)26(24)21-13-22-16-30-17-23(14-21)28(22)27(29)31-15-20-9-6-5-7-10-20/h5-13,18-19,22-23H,14-17H2,1-4H3. The van der Waals surface area contributed by atoms with Crippen LogP contribution in [0.25, 0.3) is 5.57 Å². The number of carbonyl (C=O) groups excluding carboxylic acids is 1. The molecule has 1 saturated heterocycles. The summed E-state index contributed by atoms with van der Waals surface area (Å²) in [7, 11) is 0. The third kappa shape index (κ3) is 4.54. The number of hydrogen-bond acceptors (Lipinski definition) is 3. The van der Waals surface area contributed by atoms with Gasteiger partial charge in [0.25, 0.3) is 0 Å². The second-order valence-corrected chi connectivity index (χ2v) is 9.22. The summed E-state index contributed by atoms with van der Waals surface area (Å²) in [5, 5.41) is 0. The van der Waals surface area contributed by atoms with Crippen LogP contribution in [0.2, 0.25) is 0 Å². The molecule has 4 rings (SSSR count). The van der Waals surface area contributed by atoms with E-state index in [-0.39, 0.29) is 18.2 Å². The Balaban J connectivity index is 1.62. The van der Waals surface area contributed by atoms with E-state index in [1.165, 1.54) is 22.3 Å². The van der Waals surface area contributed by atoms with Gasteiger partial charge in [0.05, 0.1) is 25.3 Å². The Bertz CT molecular complexity index is 922. The van der Waals surface area contributed by atoms with Crippen LogP contribution >= 0.6 is 0 Å². The van der Waals surface area contributed by atoms with Crippen molar-refractivity contribution in [1.82, 2.24) is 4.90 Å². The predicted octanol–water partition coefficient (Wildman–Crippen LogP) is 6.13. The Labute approximate surface area is 185 Å². The minimum Gasteiger partial charge on any atom is -0.445 e. The molecule has 164 valence electrons. The maximum atomic E-state index is 13.0. The molecule has 2 atom stereocenters. The molecule has 2 bridgehead atoms. The summed E-state index contributed by atoms with van der Waals surface area (Å²) in [5.74, 6) is 0.888. The predicted molar refractivity (Wildman–Crippen MR) is 124 cm³/mol. The second-order valence-electron chi connectivity index (χ2n) is 9.22. The molecule has 0 N–H and O–H groups in total. The van der Waals surface area contributed by atoms with Gasteiger partial charge in [-0.3, -0.25) is 4.90 Å². The number of rotatable bonds is 5. The van der Waals surface area contributed by atoms with Gasteiger partial charge in [-0.1, -0.05) is 82.3 Å². The van der Waals surface area contributed by atoms with Crippen LogP contribution < -0.4 is 0 Å². The first-order valence-corrected chi connectivity index (χ1v) is 11.4. The number of morpholine rings is 1. The maximum Gasteiger partial charge on any atom is 0.411 e. The molecule has 0 aliphatic carbocycles. The Morgan fingerprint density at radius 3 is 2.29 bits per heavy atom. The van der Waals surface area contributed by atoms with Crippen LogP contribution in [0.4, 0.5) is 4.79 Å². The zero-order chi connectivity index (χ0) is 22.0. The lowest BCUT2D eigenvalue weighted by Crippen LogP contribution is -2.56. The molecule has 1 fully saturated rings. The zero-order valence-electron chi connectivity index (χ0n) is 19.0. The molecule has 2 heterocycles. The van der Waals surface area contributed by atoms with Crippen molar-refractivity contribution < 1.29 is 14.3 Å². The molecule has 2 aliphatic rings. The summed E-state index contributed by atoms with van der Waals surface area (Å²) in [4.78, 5) is 14.9. The van der Waals surface area contributed by atoms with E-state index in [2.05, 4.69) is 52.0 Å². The topological polar surface area (TPSA) is 38.8 Å². The normalized spacial score (nSPS) is 20.7. The quantitative estimate of drug-likeness (QED) is 0.585. The van der Waals surface area contributed by atoms with Crippen molar-refractivity contribution in [3.63, 3.8) is 0 Å². The number of nitrogens with zero attached hydrogens (tertiary/aromatic N) is 1. The smallest absolute Gasteiger partial charge is 0.411 e. The van der Waals surface area contributed by atoms with Gasteiger partial charge in [-0.2, -0.15) is 0 Å². The Morgan fingerprint density at radius 2 is 1.68 bits per heavy atom. The van der Waals surface area contributed by atoms with Crippen LogP contribution in [0.5, 0.6) is 0 Å². The molecule has 2 aromatic carbocycles. The van der Waals surface area contributed by atoms with Crippen LogP contribution in [0, 0.1) is 0 Å². The molecule has 2 unspecified atom stereocenters. The maximum absolute atomic E-state index is 13.0. The fourth-order valence-electron chi connectivity index (χ4n) is 4.78. The Morgan fingerprint density at radius 1 is 1.00 bits per heavy atom. The minimum atomic E-state index is -0.251. The largest absolute Gasteiger partial charge is 0.445 e. The molecule has 0 aromatic heterocycles. The fourth-order valence-corrected chi connectivity index (χ4v) is 4.78. The van der Waals surface area contributed by atoms with E-state index in [0.29, 0.717) is 31.7 Å². The van der Waals surface area contributed by atoms with E-state index in [4.69, 9.17) is 9.47 Å². The van der Waals surface area contributed by atoms with Gasteiger partial charge < -0.3 is 9.47 Å². The lowest BCUT2D eigenvalue weighted by molar-refractivity contribution is -0.0342. The second kappa shape index (κ2) is 9.27. The van der Waals surface area contributed by atoms with Gasteiger partial charge in [-0.25, -0.2) is 4.79 Å². The van der Waals surface area contributed by atoms with Crippen molar-refractivity contribution in [2.75, 3.05) is 13.2 Å². The van der Waals surface area contributed by atoms with Crippen molar-refractivity contribution in [3.8, 4) is 0 Å². The highest BCUT2D eigenvalue weighted by molar-refractivity contribution is 5.77. The van der Waals surface area contributed by atoms with Crippen LogP contribution in [0.1, 0.15) is 68.2 Å². The highest BCUT2D eigenvalue weighted by atomic mass is 16.6. The number of carbonyl (C=O) groups is 1. The first-order valence-electron chi connectivity index (χ1n) is 11.4. The summed E-state index contributed by atoms with van der Waals surface area (Å²) in [6.07, 6.45) is 2.78. The molecule has 2 aliphatic heterocycles. The SMILES string of the molecule is CC(C)c1cccc(C(C)C)c1C1=CC2COCC(C1)N2C(=O)OCc1ccccc1. The molecular weight excluding hydrogens is 386 g/mol. The van der Waals surface area contributed by atoms with Crippen molar-refractivity contribution in [2.24, 2.45) is 0 Å². The van der Waals surface area contributed by atoms with E-state index in [9.17, 15) is 4.79 Å². The van der Waals surface area contributed by atoms with E-state index < -0.39 is 0 Å². The summed E-state index contributed by atoms with van der Waals surface area (Å²) in [6, 6.07) is 16.4. The van der Waals surface area contributed by atoms with Gasteiger partial charge >= 0.3 is 6.09 Å². The number of benzene rings is 2. The Kier molecular flexibility index (Phi) is 6.47. The van der Waals surface area contributed by atoms with E-state index >= 15 is 0 Å². The van der Waals surface area contributed by atoms with E-state index in [1.807, 2.05) is 35.2 Å². The van der Waals surface area contributed by atoms with E-state index in [0.717, 1.165) is 12.0 Å². The van der Waals surface area contributed by atoms with Crippen LogP contribution in [0.15, 0.2) is 54.6 Å². The third-order valence-electron chi connectivity index (χ3n) is 6.31. The van der Waals surface area contributed by atoms with Crippen LogP contribution in [-0.2, 0) is 16.1 Å². The zero-order valence-corrected chi connectivity index (χ0v) is 19.0. The molecule has 0 spiro atoms. The van der Waals surface area contributed by atoms with Crippen LogP contribution in [-0.4, -0.2) is 36.3 Å². The minimum absolute atomic E-state index is 0.00209. The molecule has 2 aromatic rings. The van der Waals surface area contributed by atoms with Gasteiger partial charge in [0.1, 0.15) is 6.61 Å². The van der Waals surface area contributed by atoms with Gasteiger partial charge in [-0.05, 0) is 46.1 Å². The highest BCUT2D eigenvalue weighted by Crippen LogP contribution is 2.39. The lowest BCUT2D eigenvalue weighted by Gasteiger charge is -2.44. The first kappa shape index (κ1) is 21.6. The average Bonchev–Trinajstić information content (AvgIpc) is 2.76. The first-order chi connectivity index (χ1) is 15.0. The Hall–Kier alpha value is -2.59. The number of hydrogen-bond donors (Lipinski definition) is 0. The molecule has 4 heteroatoms. The van der Waals surface area contributed by atoms with Crippen LogP contribution in [0.3, 0.4) is 0 Å². The molecule has 0 radical (unpaired) electrons. The van der Waals surface area contributed by atoms with Crippen molar-refractivity contribution >= 4 is 11.7 Å². The van der Waals surface area contributed by atoms with Gasteiger partial charge in [0.15, 0.2) is 0 Å². The van der Waals surface area contributed by atoms with Crippen molar-refractivity contribution in [3.05, 3.63) is 76.9 Å². The molecule has 4 nitrogen and oxygen atoms in total. The lowest BCUT2D eigenvalue weighted by atomic mass is 9.80. The summed E-state index contributed by atoms with van der Waals surface area (Å²) >= 11 is 0. The molecule has 0 saturated carbocycles.